The van der Waals surface area contributed by atoms with Gasteiger partial charge in [0.1, 0.15) is 25.3 Å². The minimum Gasteiger partial charge on any atom is -0.326 e. The van der Waals surface area contributed by atoms with Crippen molar-refractivity contribution in [2.45, 2.75) is 45.2 Å². The van der Waals surface area contributed by atoms with Crippen LogP contribution in [0.25, 0.3) is 0 Å². The van der Waals surface area contributed by atoms with E-state index >= 15 is 0 Å². The zero-order valence-corrected chi connectivity index (χ0v) is 17.5. The van der Waals surface area contributed by atoms with Crippen LogP contribution in [0.3, 0.4) is 0 Å². The minimum atomic E-state index is -4.47. The monoisotopic (exact) mass is 446 g/mol. The molecule has 1 saturated heterocycles. The number of hydrogen-bond acceptors (Lipinski definition) is 5. The highest BCUT2D eigenvalue weighted by atomic mass is 19.4. The third kappa shape index (κ3) is 6.54. The van der Waals surface area contributed by atoms with Gasteiger partial charge in [0.05, 0.1) is 6.54 Å². The van der Waals surface area contributed by atoms with Crippen molar-refractivity contribution in [1.29, 1.82) is 0 Å². The molecular weight excluding hydrogens is 420 g/mol. The Labute approximate surface area is 177 Å². The van der Waals surface area contributed by atoms with E-state index in [-0.39, 0.29) is 25.3 Å². The summed E-state index contributed by atoms with van der Waals surface area (Å²) in [5, 5.41) is 7.60. The lowest BCUT2D eigenvalue weighted by molar-refractivity contribution is -0.142. The largest absolute Gasteiger partial charge is 0.408 e. The molecule has 0 saturated carbocycles. The number of carbonyl (C=O) groups is 2. The van der Waals surface area contributed by atoms with E-state index in [1.54, 1.807) is 26.1 Å². The molecule has 1 fully saturated rings. The van der Waals surface area contributed by atoms with E-state index in [2.05, 4.69) is 22.4 Å². The number of nitrogens with zero attached hydrogens (tertiary/aromatic N) is 4. The summed E-state index contributed by atoms with van der Waals surface area (Å²) in [4.78, 5) is 26.6. The average Bonchev–Trinajstić information content (AvgIpc) is 3.20. The van der Waals surface area contributed by atoms with Crippen molar-refractivity contribution < 1.29 is 27.2 Å². The fourth-order valence-electron chi connectivity index (χ4n) is 3.25. The van der Waals surface area contributed by atoms with Crippen molar-refractivity contribution in [1.82, 2.24) is 25.1 Å². The van der Waals surface area contributed by atoms with Gasteiger partial charge < -0.3 is 10.2 Å². The molecule has 1 aliphatic heterocycles. The first kappa shape index (κ1) is 24.4. The number of aromatic nitrogens is 2. The summed E-state index contributed by atoms with van der Waals surface area (Å²) >= 11 is 0. The number of likely N-dealkylation sites (tertiary alicyclic amines) is 1. The van der Waals surface area contributed by atoms with Crippen molar-refractivity contribution in [3.8, 4) is 0 Å². The van der Waals surface area contributed by atoms with Crippen molar-refractivity contribution in [3.63, 3.8) is 0 Å². The van der Waals surface area contributed by atoms with Crippen molar-refractivity contribution in [2.75, 3.05) is 25.5 Å². The molecule has 0 aromatic carbocycles. The van der Waals surface area contributed by atoms with Crippen LogP contribution in [-0.2, 0) is 16.1 Å². The van der Waals surface area contributed by atoms with Crippen molar-refractivity contribution in [3.05, 3.63) is 36.2 Å². The van der Waals surface area contributed by atoms with E-state index in [1.807, 2.05) is 0 Å². The first-order valence-electron chi connectivity index (χ1n) is 9.57. The molecule has 1 aliphatic rings. The molecule has 2 rings (SSSR count). The predicted molar refractivity (Wildman–Crippen MR) is 106 cm³/mol. The average molecular weight is 446 g/mol. The Morgan fingerprint density at radius 2 is 2.10 bits per heavy atom. The van der Waals surface area contributed by atoms with Crippen LogP contribution in [0.15, 0.2) is 30.6 Å². The fourth-order valence-corrected chi connectivity index (χ4v) is 3.25. The topological polar surface area (TPSA) is 82.5 Å². The standard InChI is InChI=1S/C19H26F4N6O2/c1-5-6-13(3)29(24-4)10-16(30)28-9-14(20)7-15(28)18(31)25-17-12(2)8-27(26-17)11-19(21,22)23/h5-6,8,14-15,24H,3,7,9-11H2,1-2,4H3,(H,25,26,31)/b6-5-/t14-,15+/m1/s1. The summed E-state index contributed by atoms with van der Waals surface area (Å²) in [5.74, 6) is -1.28. The fraction of sp³-hybridized carbons (Fsp3) is 0.526. The van der Waals surface area contributed by atoms with Gasteiger partial charge in [0.2, 0.25) is 11.8 Å². The molecule has 12 heteroatoms. The van der Waals surface area contributed by atoms with Gasteiger partial charge in [0.15, 0.2) is 5.82 Å². The van der Waals surface area contributed by atoms with Crippen LogP contribution < -0.4 is 10.7 Å². The lowest BCUT2D eigenvalue weighted by Crippen LogP contribution is -2.49. The van der Waals surface area contributed by atoms with Gasteiger partial charge in [0, 0.05) is 30.9 Å². The number of rotatable bonds is 8. The van der Waals surface area contributed by atoms with E-state index in [1.165, 1.54) is 11.9 Å². The van der Waals surface area contributed by atoms with Crippen molar-refractivity contribution >= 4 is 17.6 Å². The first-order valence-corrected chi connectivity index (χ1v) is 9.57. The van der Waals surface area contributed by atoms with E-state index in [9.17, 15) is 27.2 Å². The molecule has 0 spiro atoms. The first-order chi connectivity index (χ1) is 14.4. The predicted octanol–water partition coefficient (Wildman–Crippen LogP) is 2.16. The van der Waals surface area contributed by atoms with Crippen LogP contribution >= 0.6 is 0 Å². The summed E-state index contributed by atoms with van der Waals surface area (Å²) < 4.78 is 52.4. The second kappa shape index (κ2) is 9.94. The Kier molecular flexibility index (Phi) is 7.82. The van der Waals surface area contributed by atoms with Gasteiger partial charge in [-0.25, -0.2) is 9.82 Å². The Balaban J connectivity index is 2.11. The van der Waals surface area contributed by atoms with Gasteiger partial charge in [-0.3, -0.25) is 19.3 Å². The Hall–Kier alpha value is -2.89. The molecule has 2 amide bonds. The Bertz CT molecular complexity index is 851. The van der Waals surface area contributed by atoms with Crippen LogP contribution in [0.5, 0.6) is 0 Å². The number of hydrazine groups is 1. The molecule has 172 valence electrons. The third-order valence-electron chi connectivity index (χ3n) is 4.67. The summed E-state index contributed by atoms with van der Waals surface area (Å²) in [6.07, 6.45) is -1.51. The normalized spacial score (nSPS) is 19.1. The molecule has 31 heavy (non-hydrogen) atoms. The SMILES string of the molecule is C=C(/C=C\C)N(CC(=O)N1C[C@H](F)C[C@H]1C(=O)Nc1nn(CC(F)(F)F)cc1C)NC. The summed E-state index contributed by atoms with van der Waals surface area (Å²) in [7, 11) is 1.59. The van der Waals surface area contributed by atoms with Gasteiger partial charge in [-0.15, -0.1) is 0 Å². The third-order valence-corrected chi connectivity index (χ3v) is 4.67. The molecular formula is C19H26F4N6O2. The molecule has 1 aromatic rings. The maximum atomic E-state index is 14.1. The van der Waals surface area contributed by atoms with E-state index in [4.69, 9.17) is 0 Å². The zero-order valence-electron chi connectivity index (χ0n) is 17.5. The Morgan fingerprint density at radius 1 is 1.42 bits per heavy atom. The number of halogens is 4. The lowest BCUT2D eigenvalue weighted by atomic mass is 10.2. The van der Waals surface area contributed by atoms with E-state index < -0.39 is 36.7 Å². The quantitative estimate of drug-likeness (QED) is 0.363. The highest BCUT2D eigenvalue weighted by Gasteiger charge is 2.40. The van der Waals surface area contributed by atoms with Crippen LogP contribution in [-0.4, -0.2) is 70.0 Å². The minimum absolute atomic E-state index is 0.0673. The smallest absolute Gasteiger partial charge is 0.326 e. The number of hydrogen-bond donors (Lipinski definition) is 2. The molecule has 0 aliphatic carbocycles. The molecule has 2 N–H and O–H groups in total. The van der Waals surface area contributed by atoms with Crippen LogP contribution in [0.4, 0.5) is 23.4 Å². The van der Waals surface area contributed by atoms with Gasteiger partial charge in [-0.1, -0.05) is 12.7 Å². The molecule has 0 unspecified atom stereocenters. The molecule has 2 atom stereocenters. The highest BCUT2D eigenvalue weighted by Crippen LogP contribution is 2.24. The van der Waals surface area contributed by atoms with Crippen LogP contribution in [0, 0.1) is 6.92 Å². The number of anilines is 1. The van der Waals surface area contributed by atoms with Gasteiger partial charge in [-0.2, -0.15) is 18.3 Å². The number of amides is 2. The summed E-state index contributed by atoms with van der Waals surface area (Å²) in [5.41, 5.74) is 3.62. The van der Waals surface area contributed by atoms with Gasteiger partial charge in [-0.05, 0) is 19.9 Å². The molecule has 0 radical (unpaired) electrons. The summed E-state index contributed by atoms with van der Waals surface area (Å²) in [6, 6.07) is -1.11. The number of carbonyl (C=O) groups excluding carboxylic acids is 2. The zero-order chi connectivity index (χ0) is 23.3. The molecule has 2 heterocycles. The lowest BCUT2D eigenvalue weighted by Gasteiger charge is -2.28. The maximum absolute atomic E-state index is 14.1. The van der Waals surface area contributed by atoms with Crippen molar-refractivity contribution in [2.24, 2.45) is 0 Å². The second-order valence-electron chi connectivity index (χ2n) is 7.16. The van der Waals surface area contributed by atoms with E-state index in [0.29, 0.717) is 15.9 Å². The van der Waals surface area contributed by atoms with Gasteiger partial charge in [0.25, 0.3) is 0 Å². The van der Waals surface area contributed by atoms with E-state index in [0.717, 1.165) is 11.1 Å². The molecule has 1 aromatic heterocycles. The number of aryl methyl sites for hydroxylation is 1. The summed E-state index contributed by atoms with van der Waals surface area (Å²) in [6.45, 7) is 5.34. The second-order valence-corrected chi connectivity index (χ2v) is 7.16. The Morgan fingerprint density at radius 3 is 2.68 bits per heavy atom. The van der Waals surface area contributed by atoms with Crippen LogP contribution in [0.1, 0.15) is 18.9 Å². The number of nitrogens with one attached hydrogen (secondary N) is 2. The number of allylic oxidation sites excluding steroid dienone is 2. The van der Waals surface area contributed by atoms with Crippen LogP contribution in [0.2, 0.25) is 0 Å². The number of alkyl halides is 4. The molecule has 0 bridgehead atoms. The maximum Gasteiger partial charge on any atom is 0.408 e. The molecule has 8 nitrogen and oxygen atoms in total. The highest BCUT2D eigenvalue weighted by molar-refractivity contribution is 5.97. The van der Waals surface area contributed by atoms with Gasteiger partial charge >= 0.3 is 6.18 Å².